The van der Waals surface area contributed by atoms with Crippen LogP contribution in [0.4, 0.5) is 5.13 Å². The van der Waals surface area contributed by atoms with Crippen LogP contribution >= 0.6 is 11.3 Å². The summed E-state index contributed by atoms with van der Waals surface area (Å²) in [5.74, 6) is 2.78. The molecule has 0 bridgehead atoms. The molecular weight excluding hydrogens is 382 g/mol. The van der Waals surface area contributed by atoms with Gasteiger partial charge < -0.3 is 5.32 Å². The van der Waals surface area contributed by atoms with E-state index in [1.54, 1.807) is 4.90 Å². The second-order valence-electron chi connectivity index (χ2n) is 9.53. The molecule has 4 atom stereocenters. The van der Waals surface area contributed by atoms with Crippen LogP contribution in [0.25, 0.3) is 0 Å². The minimum Gasteiger partial charge on any atom is -0.350 e. The molecule has 1 aromatic rings. The third-order valence-electron chi connectivity index (χ3n) is 6.69. The minimum atomic E-state index is 0.120. The van der Waals surface area contributed by atoms with E-state index in [0.29, 0.717) is 31.2 Å². The first-order valence-electron chi connectivity index (χ1n) is 11.4. The van der Waals surface area contributed by atoms with Crippen molar-refractivity contribution in [2.24, 2.45) is 23.7 Å². The van der Waals surface area contributed by atoms with Gasteiger partial charge in [-0.2, -0.15) is 0 Å². The molecule has 3 rings (SSSR count). The van der Waals surface area contributed by atoms with Gasteiger partial charge in [0.15, 0.2) is 5.13 Å². The van der Waals surface area contributed by atoms with E-state index in [4.69, 9.17) is 0 Å². The number of hydrogen-bond donors (Lipinski definition) is 1. The van der Waals surface area contributed by atoms with E-state index in [1.165, 1.54) is 56.3 Å². The number of carbonyl (C=O) groups excluding carboxylic acids is 2. The maximum atomic E-state index is 12.7. The molecule has 2 aliphatic rings. The molecule has 2 saturated carbocycles. The van der Waals surface area contributed by atoms with Crippen molar-refractivity contribution in [3.63, 3.8) is 0 Å². The van der Waals surface area contributed by atoms with Gasteiger partial charge in [-0.25, -0.2) is 4.98 Å². The maximum Gasteiger partial charge on any atom is 0.228 e. The smallest absolute Gasteiger partial charge is 0.228 e. The van der Waals surface area contributed by atoms with Crippen LogP contribution in [0.2, 0.25) is 0 Å². The van der Waals surface area contributed by atoms with Crippen molar-refractivity contribution in [2.75, 3.05) is 11.9 Å². The van der Waals surface area contributed by atoms with E-state index in [2.05, 4.69) is 24.1 Å². The van der Waals surface area contributed by atoms with Crippen LogP contribution in [0.3, 0.4) is 0 Å². The first-order valence-corrected chi connectivity index (χ1v) is 12.3. The maximum absolute atomic E-state index is 12.7. The zero-order valence-corrected chi connectivity index (χ0v) is 19.1. The lowest BCUT2D eigenvalue weighted by Gasteiger charge is -2.27. The second kappa shape index (κ2) is 10.6. The van der Waals surface area contributed by atoms with E-state index < -0.39 is 0 Å². The molecule has 2 fully saturated rings. The molecular formula is C23H37N3O2S. The third kappa shape index (κ3) is 6.80. The Bertz CT molecular complexity index is 689. The SMILES string of the molecule is CC1CCCC(CC(=O)NCc2csc(N(C)C(=O)CC3CCCC(C)C3)n2)C1. The minimum absolute atomic E-state index is 0.120. The molecule has 2 aliphatic carbocycles. The largest absolute Gasteiger partial charge is 0.350 e. The summed E-state index contributed by atoms with van der Waals surface area (Å²) >= 11 is 1.48. The summed E-state index contributed by atoms with van der Waals surface area (Å²) in [6.07, 6.45) is 11.0. The van der Waals surface area contributed by atoms with Gasteiger partial charge in [0.1, 0.15) is 0 Å². The van der Waals surface area contributed by atoms with Gasteiger partial charge in [0.2, 0.25) is 11.8 Å². The molecule has 29 heavy (non-hydrogen) atoms. The van der Waals surface area contributed by atoms with Gasteiger partial charge in [0.05, 0.1) is 12.2 Å². The Morgan fingerprint density at radius 1 is 1.07 bits per heavy atom. The van der Waals surface area contributed by atoms with Crippen LogP contribution < -0.4 is 10.2 Å². The lowest BCUT2D eigenvalue weighted by Crippen LogP contribution is -2.29. The van der Waals surface area contributed by atoms with Crippen LogP contribution in [-0.2, 0) is 16.1 Å². The van der Waals surface area contributed by atoms with Gasteiger partial charge in [-0.3, -0.25) is 14.5 Å². The molecule has 162 valence electrons. The van der Waals surface area contributed by atoms with E-state index in [0.717, 1.165) is 29.1 Å². The van der Waals surface area contributed by atoms with Crippen molar-refractivity contribution in [3.05, 3.63) is 11.1 Å². The van der Waals surface area contributed by atoms with Gasteiger partial charge in [-0.1, -0.05) is 39.5 Å². The number of aromatic nitrogens is 1. The molecule has 1 heterocycles. The van der Waals surface area contributed by atoms with E-state index in [-0.39, 0.29) is 11.8 Å². The van der Waals surface area contributed by atoms with Crippen LogP contribution in [-0.4, -0.2) is 23.8 Å². The summed E-state index contributed by atoms with van der Waals surface area (Å²) in [7, 11) is 1.82. The van der Waals surface area contributed by atoms with Gasteiger partial charge >= 0.3 is 0 Å². The van der Waals surface area contributed by atoms with Crippen molar-refractivity contribution in [2.45, 2.75) is 84.6 Å². The number of anilines is 1. The fourth-order valence-corrected chi connectivity index (χ4v) is 5.84. The highest BCUT2D eigenvalue weighted by Crippen LogP contribution is 2.32. The summed E-state index contributed by atoms with van der Waals surface area (Å²) in [5, 5.41) is 5.69. The summed E-state index contributed by atoms with van der Waals surface area (Å²) in [4.78, 5) is 31.2. The van der Waals surface area contributed by atoms with Crippen molar-refractivity contribution in [1.29, 1.82) is 0 Å². The molecule has 0 spiro atoms. The molecule has 6 heteroatoms. The zero-order chi connectivity index (χ0) is 20.8. The van der Waals surface area contributed by atoms with Crippen LogP contribution in [0, 0.1) is 23.7 Å². The highest BCUT2D eigenvalue weighted by molar-refractivity contribution is 7.14. The molecule has 4 unspecified atom stereocenters. The average molecular weight is 420 g/mol. The number of nitrogens with one attached hydrogen (secondary N) is 1. The molecule has 1 N–H and O–H groups in total. The first-order chi connectivity index (χ1) is 13.9. The number of thiazole rings is 1. The first kappa shape index (κ1) is 22.3. The van der Waals surface area contributed by atoms with Crippen LogP contribution in [0.5, 0.6) is 0 Å². The Morgan fingerprint density at radius 2 is 1.69 bits per heavy atom. The monoisotopic (exact) mass is 419 g/mol. The van der Waals surface area contributed by atoms with Crippen molar-refractivity contribution in [1.82, 2.24) is 10.3 Å². The molecule has 5 nitrogen and oxygen atoms in total. The predicted molar refractivity (Wildman–Crippen MR) is 119 cm³/mol. The summed E-state index contributed by atoms with van der Waals surface area (Å²) in [6.45, 7) is 5.02. The average Bonchev–Trinajstić information content (AvgIpc) is 3.15. The van der Waals surface area contributed by atoms with E-state index in [1.807, 2.05) is 12.4 Å². The number of hydrogen-bond acceptors (Lipinski definition) is 4. The summed E-state index contributed by atoms with van der Waals surface area (Å²) in [6, 6.07) is 0. The van der Waals surface area contributed by atoms with Crippen LogP contribution in [0.15, 0.2) is 5.38 Å². The standard InChI is InChI=1S/C23H37N3O2S/c1-16-6-4-8-18(10-16)12-21(27)24-14-20-15-29-23(25-20)26(3)22(28)13-19-9-5-7-17(2)11-19/h15-19H,4-14H2,1-3H3,(H,24,27). The fourth-order valence-electron chi connectivity index (χ4n) is 5.04. The van der Waals surface area contributed by atoms with Crippen molar-refractivity contribution < 1.29 is 9.59 Å². The van der Waals surface area contributed by atoms with Crippen molar-refractivity contribution >= 4 is 28.3 Å². The number of amides is 2. The molecule has 0 saturated heterocycles. The van der Waals surface area contributed by atoms with Gasteiger partial charge in [0, 0.05) is 25.3 Å². The second-order valence-corrected chi connectivity index (χ2v) is 10.4. The van der Waals surface area contributed by atoms with E-state index in [9.17, 15) is 9.59 Å². The van der Waals surface area contributed by atoms with Gasteiger partial charge in [-0.15, -0.1) is 11.3 Å². The lowest BCUT2D eigenvalue weighted by atomic mass is 9.80. The molecule has 0 radical (unpaired) electrons. The topological polar surface area (TPSA) is 62.3 Å². The fraction of sp³-hybridized carbons (Fsp3) is 0.783. The Hall–Kier alpha value is -1.43. The van der Waals surface area contributed by atoms with Crippen LogP contribution in [0.1, 0.15) is 83.7 Å². The summed E-state index contributed by atoms with van der Waals surface area (Å²) in [5.41, 5.74) is 0.835. The molecule has 1 aromatic heterocycles. The number of nitrogens with zero attached hydrogens (tertiary/aromatic N) is 2. The predicted octanol–water partition coefficient (Wildman–Crippen LogP) is 5.15. The number of rotatable bonds is 7. The van der Waals surface area contributed by atoms with Gasteiger partial charge in [0.25, 0.3) is 0 Å². The van der Waals surface area contributed by atoms with Gasteiger partial charge in [-0.05, 0) is 49.4 Å². The highest BCUT2D eigenvalue weighted by atomic mass is 32.1. The third-order valence-corrected chi connectivity index (χ3v) is 7.66. The highest BCUT2D eigenvalue weighted by Gasteiger charge is 2.24. The Kier molecular flexibility index (Phi) is 8.10. The Labute approximate surface area is 179 Å². The normalized spacial score (nSPS) is 27.4. The lowest BCUT2D eigenvalue weighted by molar-refractivity contribution is -0.122. The molecule has 2 amide bonds. The quantitative estimate of drug-likeness (QED) is 0.664. The zero-order valence-electron chi connectivity index (χ0n) is 18.3. The van der Waals surface area contributed by atoms with E-state index >= 15 is 0 Å². The Morgan fingerprint density at radius 3 is 2.31 bits per heavy atom. The summed E-state index contributed by atoms with van der Waals surface area (Å²) < 4.78 is 0. The Balaban J connectivity index is 1.43. The number of carbonyl (C=O) groups is 2. The molecule has 0 aromatic carbocycles. The molecule has 0 aliphatic heterocycles. The van der Waals surface area contributed by atoms with Crippen molar-refractivity contribution in [3.8, 4) is 0 Å².